The first-order valence-corrected chi connectivity index (χ1v) is 7.32. The lowest BCUT2D eigenvalue weighted by atomic mass is 10.0. The van der Waals surface area contributed by atoms with E-state index in [1.54, 1.807) is 6.92 Å². The van der Waals surface area contributed by atoms with Crippen molar-refractivity contribution >= 4 is 23.1 Å². The molecule has 24 heavy (non-hydrogen) atoms. The molecule has 0 unspecified atom stereocenters. The van der Waals surface area contributed by atoms with Crippen LogP contribution in [0.1, 0.15) is 13.2 Å². The van der Waals surface area contributed by atoms with Crippen LogP contribution in [0, 0.1) is 0 Å². The molecule has 11 nitrogen and oxygen atoms in total. The number of fused-ring (bicyclic) bond motifs is 1. The van der Waals surface area contributed by atoms with Gasteiger partial charge in [0.15, 0.2) is 23.3 Å². The molecule has 3 heterocycles. The van der Waals surface area contributed by atoms with Gasteiger partial charge in [0.05, 0.1) is 12.9 Å². The van der Waals surface area contributed by atoms with Gasteiger partial charge in [0, 0.05) is 6.54 Å². The number of anilines is 1. The Morgan fingerprint density at radius 3 is 3.12 bits per heavy atom. The van der Waals surface area contributed by atoms with Crippen LogP contribution in [0.3, 0.4) is 0 Å². The van der Waals surface area contributed by atoms with Gasteiger partial charge in [-0.05, 0) is 6.92 Å². The molecular weight excluding hydrogens is 320 g/mol. The Hall–Kier alpha value is -2.50. The van der Waals surface area contributed by atoms with Gasteiger partial charge in [-0.25, -0.2) is 19.7 Å². The number of alkyl carbamates (subject to hydrolysis) is 1. The number of nitrogen functional groups attached to an aromatic ring is 1. The van der Waals surface area contributed by atoms with Gasteiger partial charge in [-0.1, -0.05) is 0 Å². The number of carbonyl (C=O) groups is 1. The van der Waals surface area contributed by atoms with Crippen molar-refractivity contribution < 1.29 is 24.5 Å². The minimum atomic E-state index is -1.75. The number of hydrogen-bond acceptors (Lipinski definition) is 9. The molecule has 0 bridgehead atoms. The third-order valence-electron chi connectivity index (χ3n) is 3.76. The van der Waals surface area contributed by atoms with E-state index in [2.05, 4.69) is 20.3 Å². The number of carbonyl (C=O) groups excluding carboxylic acids is 1. The average Bonchev–Trinajstić information content (AvgIpc) is 3.10. The number of aromatic nitrogens is 4. The van der Waals surface area contributed by atoms with Crippen LogP contribution in [0.4, 0.5) is 10.6 Å². The lowest BCUT2D eigenvalue weighted by Gasteiger charge is -2.26. The third-order valence-corrected chi connectivity index (χ3v) is 3.76. The molecule has 0 saturated carbocycles. The number of hydrogen-bond donors (Lipinski definition) is 4. The maximum Gasteiger partial charge on any atom is 0.407 e. The van der Waals surface area contributed by atoms with Gasteiger partial charge in [0.1, 0.15) is 24.6 Å². The number of nitrogens with one attached hydrogen (secondary N) is 1. The SMILES string of the molecule is CCNC(=O)OC[C@]1(O)CO[C@@H](n2cnc3c(N)ncnc32)[C@@H]1O. The van der Waals surface area contributed by atoms with Crippen molar-refractivity contribution in [2.45, 2.75) is 24.9 Å². The van der Waals surface area contributed by atoms with Gasteiger partial charge in [0.25, 0.3) is 0 Å². The molecule has 1 fully saturated rings. The predicted molar refractivity (Wildman–Crippen MR) is 80.7 cm³/mol. The minimum Gasteiger partial charge on any atom is -0.446 e. The van der Waals surface area contributed by atoms with Gasteiger partial charge in [-0.15, -0.1) is 0 Å². The number of ether oxygens (including phenoxy) is 2. The highest BCUT2D eigenvalue weighted by atomic mass is 16.6. The zero-order chi connectivity index (χ0) is 17.3. The fraction of sp³-hybridized carbons (Fsp3) is 0.538. The fourth-order valence-corrected chi connectivity index (χ4v) is 2.47. The van der Waals surface area contributed by atoms with Gasteiger partial charge in [-0.3, -0.25) is 4.57 Å². The summed E-state index contributed by atoms with van der Waals surface area (Å²) in [6.07, 6.45) is -0.343. The van der Waals surface area contributed by atoms with Crippen molar-refractivity contribution in [2.75, 3.05) is 25.5 Å². The van der Waals surface area contributed by atoms with Crippen molar-refractivity contribution in [1.82, 2.24) is 24.8 Å². The first-order valence-electron chi connectivity index (χ1n) is 7.32. The molecule has 2 aromatic heterocycles. The van der Waals surface area contributed by atoms with Crippen molar-refractivity contribution in [3.8, 4) is 0 Å². The van der Waals surface area contributed by atoms with Crippen LogP contribution in [0.25, 0.3) is 11.2 Å². The van der Waals surface area contributed by atoms with E-state index in [9.17, 15) is 15.0 Å². The standard InChI is InChI=1S/C13H18N6O5/c1-2-15-12(21)24-4-13(22)3-23-11(8(13)20)19-6-18-7-9(14)16-5-17-10(7)19/h5-6,8,11,20,22H,2-4H2,1H3,(H,15,21)(H2,14,16,17)/t8-,11+,13+/m0/s1. The quantitative estimate of drug-likeness (QED) is 0.536. The second kappa shape index (κ2) is 6.19. The molecule has 1 aliphatic rings. The highest BCUT2D eigenvalue weighted by Gasteiger charge is 2.50. The van der Waals surface area contributed by atoms with E-state index in [1.165, 1.54) is 17.2 Å². The maximum atomic E-state index is 11.4. The summed E-state index contributed by atoms with van der Waals surface area (Å²) in [6, 6.07) is 0. The highest BCUT2D eigenvalue weighted by molar-refractivity contribution is 5.81. The first kappa shape index (κ1) is 16.4. The van der Waals surface area contributed by atoms with Crippen LogP contribution >= 0.6 is 0 Å². The molecule has 0 spiro atoms. The Labute approximate surface area is 136 Å². The number of imidazole rings is 1. The molecule has 1 saturated heterocycles. The van der Waals surface area contributed by atoms with Crippen molar-refractivity contribution in [2.24, 2.45) is 0 Å². The molecule has 1 aliphatic heterocycles. The molecule has 0 aromatic carbocycles. The van der Waals surface area contributed by atoms with E-state index in [0.29, 0.717) is 17.7 Å². The third kappa shape index (κ3) is 2.72. The van der Waals surface area contributed by atoms with Gasteiger partial charge in [-0.2, -0.15) is 0 Å². The fourth-order valence-electron chi connectivity index (χ4n) is 2.47. The van der Waals surface area contributed by atoms with E-state index >= 15 is 0 Å². The highest BCUT2D eigenvalue weighted by Crippen LogP contribution is 2.34. The second-order valence-corrected chi connectivity index (χ2v) is 5.44. The minimum absolute atomic E-state index is 0.195. The summed E-state index contributed by atoms with van der Waals surface area (Å²) in [7, 11) is 0. The molecule has 2 aromatic rings. The summed E-state index contributed by atoms with van der Waals surface area (Å²) in [6.45, 7) is 1.48. The van der Waals surface area contributed by atoms with Crippen molar-refractivity contribution in [3.63, 3.8) is 0 Å². The summed E-state index contributed by atoms with van der Waals surface area (Å²) >= 11 is 0. The predicted octanol–water partition coefficient (Wildman–Crippen LogP) is -1.22. The van der Waals surface area contributed by atoms with E-state index in [-0.39, 0.29) is 12.4 Å². The Morgan fingerprint density at radius 2 is 2.38 bits per heavy atom. The lowest BCUT2D eigenvalue weighted by molar-refractivity contribution is -0.0893. The molecule has 3 atom stereocenters. The smallest absolute Gasteiger partial charge is 0.407 e. The van der Waals surface area contributed by atoms with Crippen LogP contribution in [0.15, 0.2) is 12.7 Å². The molecule has 1 amide bonds. The van der Waals surface area contributed by atoms with E-state index in [1.807, 2.05) is 0 Å². The topological polar surface area (TPSA) is 158 Å². The summed E-state index contributed by atoms with van der Waals surface area (Å²) in [5, 5.41) is 23.4. The largest absolute Gasteiger partial charge is 0.446 e. The second-order valence-electron chi connectivity index (χ2n) is 5.44. The molecule has 3 rings (SSSR count). The number of aliphatic hydroxyl groups is 2. The Balaban J connectivity index is 1.79. The van der Waals surface area contributed by atoms with Gasteiger partial charge >= 0.3 is 6.09 Å². The molecule has 11 heteroatoms. The van der Waals surface area contributed by atoms with Crippen molar-refractivity contribution in [3.05, 3.63) is 12.7 Å². The van der Waals surface area contributed by atoms with Gasteiger partial charge in [0.2, 0.25) is 0 Å². The molecule has 5 N–H and O–H groups in total. The number of rotatable bonds is 4. The Bertz CT molecular complexity index is 752. The van der Waals surface area contributed by atoms with Crippen LogP contribution in [-0.4, -0.2) is 67.3 Å². The first-order chi connectivity index (χ1) is 11.5. The number of nitrogens with two attached hydrogens (primary N) is 1. The van der Waals surface area contributed by atoms with E-state index in [4.69, 9.17) is 15.2 Å². The average molecular weight is 338 g/mol. The lowest BCUT2D eigenvalue weighted by Crippen LogP contribution is -2.48. The zero-order valence-electron chi connectivity index (χ0n) is 12.9. The van der Waals surface area contributed by atoms with Gasteiger partial charge < -0.3 is 30.7 Å². The Kier molecular flexibility index (Phi) is 4.22. The molecule has 0 aliphatic carbocycles. The zero-order valence-corrected chi connectivity index (χ0v) is 12.9. The monoisotopic (exact) mass is 338 g/mol. The van der Waals surface area contributed by atoms with E-state index in [0.717, 1.165) is 0 Å². The van der Waals surface area contributed by atoms with Crippen LogP contribution in [0.2, 0.25) is 0 Å². The van der Waals surface area contributed by atoms with Crippen molar-refractivity contribution in [1.29, 1.82) is 0 Å². The normalized spacial score (nSPS) is 26.6. The molecule has 0 radical (unpaired) electrons. The molecule has 130 valence electrons. The summed E-state index contributed by atoms with van der Waals surface area (Å²) in [4.78, 5) is 23.4. The summed E-state index contributed by atoms with van der Waals surface area (Å²) in [5.41, 5.74) is 4.70. The number of amides is 1. The molecular formula is C13H18N6O5. The Morgan fingerprint density at radius 1 is 1.58 bits per heavy atom. The number of aliphatic hydroxyl groups excluding tert-OH is 1. The summed E-state index contributed by atoms with van der Waals surface area (Å²) in [5.74, 6) is 0.195. The maximum absolute atomic E-state index is 11.4. The van der Waals surface area contributed by atoms with E-state index < -0.39 is 30.6 Å². The van der Waals surface area contributed by atoms with Crippen LogP contribution < -0.4 is 11.1 Å². The van der Waals surface area contributed by atoms with Crippen LogP contribution in [-0.2, 0) is 9.47 Å². The van der Waals surface area contributed by atoms with Crippen LogP contribution in [0.5, 0.6) is 0 Å². The summed E-state index contributed by atoms with van der Waals surface area (Å²) < 4.78 is 11.8. The number of nitrogens with zero attached hydrogens (tertiary/aromatic N) is 4.